The summed E-state index contributed by atoms with van der Waals surface area (Å²) in [5.74, 6) is 0. The summed E-state index contributed by atoms with van der Waals surface area (Å²) < 4.78 is 0. The molecular formula is C12H17Cl2NO. The number of aliphatic hydroxyl groups is 1. The van der Waals surface area contributed by atoms with Crippen LogP contribution in [0.3, 0.4) is 0 Å². The maximum atomic E-state index is 8.73. The summed E-state index contributed by atoms with van der Waals surface area (Å²) in [5.41, 5.74) is 1.06. The first-order valence-corrected chi connectivity index (χ1v) is 6.23. The third-order valence-electron chi connectivity index (χ3n) is 2.47. The number of aliphatic hydroxyl groups excluding tert-OH is 1. The van der Waals surface area contributed by atoms with Crippen LogP contribution in [0.5, 0.6) is 0 Å². The lowest BCUT2D eigenvalue weighted by atomic mass is 10.0. The molecule has 0 aliphatic heterocycles. The Bertz CT molecular complexity index is 331. The Hall–Kier alpha value is -0.280. The van der Waals surface area contributed by atoms with E-state index in [0.717, 1.165) is 24.9 Å². The molecule has 1 aromatic carbocycles. The highest BCUT2D eigenvalue weighted by atomic mass is 35.5. The lowest BCUT2D eigenvalue weighted by Gasteiger charge is -2.18. The minimum atomic E-state index is 0.206. The molecule has 90 valence electrons. The highest BCUT2D eigenvalue weighted by molar-refractivity contribution is 6.35. The third-order valence-corrected chi connectivity index (χ3v) is 3.03. The molecule has 0 saturated carbocycles. The maximum Gasteiger partial charge on any atom is 0.0468 e. The van der Waals surface area contributed by atoms with Crippen LogP contribution in [0.25, 0.3) is 0 Å². The Morgan fingerprint density at radius 1 is 1.38 bits per heavy atom. The predicted octanol–water partition coefficient (Wildman–Crippen LogP) is 3.42. The minimum Gasteiger partial charge on any atom is -0.396 e. The van der Waals surface area contributed by atoms with E-state index in [9.17, 15) is 0 Å². The van der Waals surface area contributed by atoms with Crippen LogP contribution in [0, 0.1) is 0 Å². The molecule has 1 unspecified atom stereocenters. The van der Waals surface area contributed by atoms with Crippen LogP contribution in [-0.2, 0) is 0 Å². The molecular weight excluding hydrogens is 245 g/mol. The topological polar surface area (TPSA) is 32.3 Å². The Morgan fingerprint density at radius 3 is 2.69 bits per heavy atom. The summed E-state index contributed by atoms with van der Waals surface area (Å²) in [6.45, 7) is 3.09. The average Bonchev–Trinajstić information content (AvgIpc) is 2.26. The van der Waals surface area contributed by atoms with E-state index in [1.54, 1.807) is 6.07 Å². The monoisotopic (exact) mass is 261 g/mol. The van der Waals surface area contributed by atoms with Gasteiger partial charge in [0.1, 0.15) is 0 Å². The Kier molecular flexibility index (Phi) is 6.14. The second-order valence-corrected chi connectivity index (χ2v) is 4.50. The number of hydrogen-bond donors (Lipinski definition) is 2. The summed E-state index contributed by atoms with van der Waals surface area (Å²) in [6.07, 6.45) is 1.70. The molecule has 0 radical (unpaired) electrons. The fourth-order valence-electron chi connectivity index (χ4n) is 1.61. The van der Waals surface area contributed by atoms with Crippen molar-refractivity contribution in [1.82, 2.24) is 5.32 Å². The molecule has 0 heterocycles. The third kappa shape index (κ3) is 3.95. The largest absolute Gasteiger partial charge is 0.396 e. The Morgan fingerprint density at radius 2 is 2.12 bits per heavy atom. The van der Waals surface area contributed by atoms with E-state index in [4.69, 9.17) is 28.3 Å². The molecule has 4 heteroatoms. The van der Waals surface area contributed by atoms with Gasteiger partial charge in [-0.25, -0.2) is 0 Å². The zero-order valence-corrected chi connectivity index (χ0v) is 10.9. The zero-order chi connectivity index (χ0) is 12.0. The van der Waals surface area contributed by atoms with Gasteiger partial charge < -0.3 is 10.4 Å². The van der Waals surface area contributed by atoms with Gasteiger partial charge >= 0.3 is 0 Å². The van der Waals surface area contributed by atoms with Crippen LogP contribution in [0.4, 0.5) is 0 Å². The van der Waals surface area contributed by atoms with Crippen LogP contribution < -0.4 is 5.32 Å². The van der Waals surface area contributed by atoms with Gasteiger partial charge in [0.25, 0.3) is 0 Å². The molecule has 0 aromatic heterocycles. The fourth-order valence-corrected chi connectivity index (χ4v) is 2.15. The van der Waals surface area contributed by atoms with Crippen molar-refractivity contribution in [2.24, 2.45) is 0 Å². The molecule has 1 atom stereocenters. The minimum absolute atomic E-state index is 0.206. The van der Waals surface area contributed by atoms with E-state index in [1.807, 2.05) is 12.1 Å². The van der Waals surface area contributed by atoms with Crippen molar-refractivity contribution < 1.29 is 5.11 Å². The number of hydrogen-bond acceptors (Lipinski definition) is 2. The first-order valence-electron chi connectivity index (χ1n) is 5.48. The van der Waals surface area contributed by atoms with E-state index in [0.29, 0.717) is 10.0 Å². The molecule has 0 saturated heterocycles. The summed E-state index contributed by atoms with van der Waals surface area (Å²) in [7, 11) is 0. The van der Waals surface area contributed by atoms with Gasteiger partial charge in [0.15, 0.2) is 0 Å². The van der Waals surface area contributed by atoms with Crippen molar-refractivity contribution in [3.8, 4) is 0 Å². The van der Waals surface area contributed by atoms with Gasteiger partial charge in [0.05, 0.1) is 0 Å². The van der Waals surface area contributed by atoms with Crippen molar-refractivity contribution in [1.29, 1.82) is 0 Å². The molecule has 0 fully saturated rings. The van der Waals surface area contributed by atoms with Crippen molar-refractivity contribution in [3.05, 3.63) is 33.8 Å². The lowest BCUT2D eigenvalue weighted by molar-refractivity contribution is 0.283. The van der Waals surface area contributed by atoms with E-state index < -0.39 is 0 Å². The number of benzene rings is 1. The summed E-state index contributed by atoms with van der Waals surface area (Å²) in [5, 5.41) is 13.4. The second-order valence-electron chi connectivity index (χ2n) is 3.66. The van der Waals surface area contributed by atoms with Crippen LogP contribution in [0.15, 0.2) is 18.2 Å². The van der Waals surface area contributed by atoms with Gasteiger partial charge in [-0.15, -0.1) is 0 Å². The molecule has 0 aliphatic rings. The SMILES string of the molecule is CCC(NCCCO)c1ccc(Cl)cc1Cl. The van der Waals surface area contributed by atoms with E-state index in [2.05, 4.69) is 12.2 Å². The summed E-state index contributed by atoms with van der Waals surface area (Å²) in [4.78, 5) is 0. The molecule has 16 heavy (non-hydrogen) atoms. The van der Waals surface area contributed by atoms with Gasteiger partial charge in [-0.3, -0.25) is 0 Å². The normalized spacial score (nSPS) is 12.8. The van der Waals surface area contributed by atoms with Crippen molar-refractivity contribution in [3.63, 3.8) is 0 Å². The van der Waals surface area contributed by atoms with Crippen LogP contribution in [0.2, 0.25) is 10.0 Å². The second kappa shape index (κ2) is 7.13. The van der Waals surface area contributed by atoms with E-state index in [-0.39, 0.29) is 12.6 Å². The summed E-state index contributed by atoms with van der Waals surface area (Å²) >= 11 is 12.0. The average molecular weight is 262 g/mol. The number of rotatable bonds is 6. The summed E-state index contributed by atoms with van der Waals surface area (Å²) in [6, 6.07) is 5.77. The molecule has 0 amide bonds. The lowest BCUT2D eigenvalue weighted by Crippen LogP contribution is -2.22. The predicted molar refractivity (Wildman–Crippen MR) is 69.2 cm³/mol. The standard InChI is InChI=1S/C12H17Cl2NO/c1-2-12(15-6-3-7-16)10-5-4-9(13)8-11(10)14/h4-5,8,12,15-16H,2-3,6-7H2,1H3. The van der Waals surface area contributed by atoms with Gasteiger partial charge in [-0.2, -0.15) is 0 Å². The number of halogens is 2. The fraction of sp³-hybridized carbons (Fsp3) is 0.500. The Labute approximate surface area is 107 Å². The first kappa shape index (κ1) is 13.8. The van der Waals surface area contributed by atoms with Crippen LogP contribution >= 0.6 is 23.2 Å². The Balaban J connectivity index is 2.70. The van der Waals surface area contributed by atoms with Crippen molar-refractivity contribution in [2.75, 3.05) is 13.2 Å². The van der Waals surface area contributed by atoms with Crippen molar-refractivity contribution >= 4 is 23.2 Å². The van der Waals surface area contributed by atoms with E-state index >= 15 is 0 Å². The first-order chi connectivity index (χ1) is 7.69. The molecule has 0 spiro atoms. The highest BCUT2D eigenvalue weighted by Gasteiger charge is 2.12. The quantitative estimate of drug-likeness (QED) is 0.770. The van der Waals surface area contributed by atoms with Gasteiger partial charge in [0.2, 0.25) is 0 Å². The molecule has 2 N–H and O–H groups in total. The maximum absolute atomic E-state index is 8.73. The molecule has 0 aliphatic carbocycles. The molecule has 2 nitrogen and oxygen atoms in total. The molecule has 1 aromatic rings. The smallest absolute Gasteiger partial charge is 0.0468 e. The van der Waals surface area contributed by atoms with Gasteiger partial charge in [-0.05, 0) is 37.1 Å². The molecule has 1 rings (SSSR count). The molecule has 0 bridgehead atoms. The highest BCUT2D eigenvalue weighted by Crippen LogP contribution is 2.27. The van der Waals surface area contributed by atoms with Crippen molar-refractivity contribution in [2.45, 2.75) is 25.8 Å². The van der Waals surface area contributed by atoms with E-state index in [1.165, 1.54) is 0 Å². The zero-order valence-electron chi connectivity index (χ0n) is 9.34. The number of nitrogens with one attached hydrogen (secondary N) is 1. The van der Waals surface area contributed by atoms with Crippen LogP contribution in [0.1, 0.15) is 31.4 Å². The van der Waals surface area contributed by atoms with Crippen LogP contribution in [-0.4, -0.2) is 18.3 Å². The van der Waals surface area contributed by atoms with Gasteiger partial charge in [-0.1, -0.05) is 36.2 Å². The van der Waals surface area contributed by atoms with Gasteiger partial charge in [0, 0.05) is 22.7 Å².